The molecule has 170 valence electrons. The molecule has 6 nitrogen and oxygen atoms in total. The van der Waals surface area contributed by atoms with E-state index in [0.29, 0.717) is 40.8 Å². The van der Waals surface area contributed by atoms with Crippen molar-refractivity contribution in [1.82, 2.24) is 9.47 Å². The number of allylic oxidation sites excluding steroid dienone is 2. The van der Waals surface area contributed by atoms with Gasteiger partial charge in [-0.2, -0.15) is 0 Å². The zero-order valence-electron chi connectivity index (χ0n) is 18.1. The van der Waals surface area contributed by atoms with Gasteiger partial charge in [-0.15, -0.1) is 0 Å². The van der Waals surface area contributed by atoms with E-state index in [1.54, 1.807) is 7.11 Å². The van der Waals surface area contributed by atoms with E-state index in [2.05, 4.69) is 0 Å². The second kappa shape index (κ2) is 8.04. The Morgan fingerprint density at radius 1 is 1.27 bits per heavy atom. The first-order chi connectivity index (χ1) is 15.9. The van der Waals surface area contributed by atoms with Crippen molar-refractivity contribution in [3.8, 4) is 5.75 Å². The van der Waals surface area contributed by atoms with Crippen LogP contribution < -0.4 is 4.74 Å². The Hall–Kier alpha value is -3.65. The number of nitrogens with zero attached hydrogens (tertiary/aromatic N) is 2. The summed E-state index contributed by atoms with van der Waals surface area (Å²) in [6.07, 6.45) is 5.64. The number of carboxylic acids is 1. The van der Waals surface area contributed by atoms with E-state index in [1.165, 1.54) is 4.57 Å². The largest absolute Gasteiger partial charge is 0.493 e. The van der Waals surface area contributed by atoms with Crippen molar-refractivity contribution < 1.29 is 28.2 Å². The Morgan fingerprint density at radius 2 is 2.09 bits per heavy atom. The summed E-state index contributed by atoms with van der Waals surface area (Å²) in [7, 11) is 3.39. The third kappa shape index (κ3) is 3.47. The van der Waals surface area contributed by atoms with Gasteiger partial charge in [-0.1, -0.05) is 6.08 Å². The maximum Gasteiger partial charge on any atom is 0.353 e. The number of aromatic carboxylic acids is 1. The summed E-state index contributed by atoms with van der Waals surface area (Å²) in [4.78, 5) is 14.4. The van der Waals surface area contributed by atoms with Gasteiger partial charge in [0.2, 0.25) is 0 Å². The van der Waals surface area contributed by atoms with Gasteiger partial charge < -0.3 is 24.0 Å². The highest BCUT2D eigenvalue weighted by Gasteiger charge is 2.32. The normalized spacial score (nSPS) is 17.3. The third-order valence-electron chi connectivity index (χ3n) is 6.16. The van der Waals surface area contributed by atoms with Crippen LogP contribution in [0.25, 0.3) is 16.5 Å². The number of hydrogen-bond acceptors (Lipinski definition) is 4. The Balaban J connectivity index is 1.82. The number of halogens is 2. The lowest BCUT2D eigenvalue weighted by molar-refractivity contribution is 0.0527. The van der Waals surface area contributed by atoms with Gasteiger partial charge in [0.25, 0.3) is 0 Å². The number of ether oxygens (including phenoxy) is 2. The summed E-state index contributed by atoms with van der Waals surface area (Å²) in [5.74, 6) is -1.67. The van der Waals surface area contributed by atoms with Crippen LogP contribution in [0.15, 0.2) is 48.7 Å². The van der Waals surface area contributed by atoms with E-state index < -0.39 is 23.8 Å². The van der Waals surface area contributed by atoms with Crippen LogP contribution in [0.5, 0.6) is 5.75 Å². The van der Waals surface area contributed by atoms with Crippen LogP contribution in [-0.2, 0) is 17.7 Å². The Morgan fingerprint density at radius 3 is 2.85 bits per heavy atom. The van der Waals surface area contributed by atoms with Gasteiger partial charge in [-0.25, -0.2) is 13.6 Å². The summed E-state index contributed by atoms with van der Waals surface area (Å²) in [5.41, 5.74) is 2.73. The molecule has 2 aromatic carbocycles. The van der Waals surface area contributed by atoms with Crippen molar-refractivity contribution >= 4 is 22.4 Å². The molecule has 3 heterocycles. The number of aromatic nitrogens is 1. The monoisotopic (exact) mass is 452 g/mol. The molecule has 1 unspecified atom stereocenters. The number of likely N-dealkylation sites (N-methyl/N-ethyl adjacent to an activating group) is 1. The lowest BCUT2D eigenvalue weighted by Crippen LogP contribution is -2.32. The van der Waals surface area contributed by atoms with Crippen LogP contribution >= 0.6 is 0 Å². The number of benzene rings is 2. The molecule has 0 bridgehead atoms. The van der Waals surface area contributed by atoms with Crippen molar-refractivity contribution in [3.63, 3.8) is 0 Å². The first kappa shape index (κ1) is 21.2. The zero-order valence-corrected chi connectivity index (χ0v) is 18.1. The van der Waals surface area contributed by atoms with E-state index in [1.807, 2.05) is 42.4 Å². The molecule has 0 fully saturated rings. The highest BCUT2D eigenvalue weighted by molar-refractivity contribution is 6.06. The first-order valence-corrected chi connectivity index (χ1v) is 10.5. The summed E-state index contributed by atoms with van der Waals surface area (Å²) in [6.45, 7) is 0.397. The quantitative estimate of drug-likeness (QED) is 0.621. The second-order valence-electron chi connectivity index (χ2n) is 8.14. The molecule has 8 heteroatoms. The van der Waals surface area contributed by atoms with Crippen molar-refractivity contribution in [1.29, 1.82) is 0 Å². The van der Waals surface area contributed by atoms with Gasteiger partial charge in [0.05, 0.1) is 18.7 Å². The summed E-state index contributed by atoms with van der Waals surface area (Å²) in [5, 5.41) is 10.9. The van der Waals surface area contributed by atoms with Crippen molar-refractivity contribution in [2.45, 2.75) is 19.2 Å². The van der Waals surface area contributed by atoms with Gasteiger partial charge in [0, 0.05) is 48.9 Å². The number of carbonyl (C=O) groups is 1. The molecule has 0 spiro atoms. The van der Waals surface area contributed by atoms with Crippen LogP contribution in [0.2, 0.25) is 0 Å². The van der Waals surface area contributed by atoms with Crippen molar-refractivity contribution in [2.24, 2.45) is 0 Å². The SMILES string of the molecule is COC1C(c2c(C(=O)O)n(Cc3cc(F)ccc3F)c3cc4c(cc23)OCC4)=CC=CN1C. The molecule has 1 aromatic heterocycles. The van der Waals surface area contributed by atoms with Crippen molar-refractivity contribution in [2.75, 3.05) is 20.8 Å². The molecule has 0 aliphatic carbocycles. The topological polar surface area (TPSA) is 63.9 Å². The predicted molar refractivity (Wildman–Crippen MR) is 119 cm³/mol. The number of fused-ring (bicyclic) bond motifs is 2. The highest BCUT2D eigenvalue weighted by Crippen LogP contribution is 2.41. The fourth-order valence-corrected chi connectivity index (χ4v) is 4.69. The van der Waals surface area contributed by atoms with Gasteiger partial charge in [0.1, 0.15) is 23.1 Å². The maximum absolute atomic E-state index is 14.5. The molecule has 0 saturated heterocycles. The minimum Gasteiger partial charge on any atom is -0.493 e. The van der Waals surface area contributed by atoms with Crippen LogP contribution in [0.1, 0.15) is 27.2 Å². The predicted octanol–water partition coefficient (Wildman–Crippen LogP) is 4.42. The molecular weight excluding hydrogens is 430 g/mol. The standard InChI is InChI=1S/C25H22F2N2O4/c1-28-8-3-4-17(24(28)32-2)22-18-12-21-14(7-9-33-21)11-20(18)29(23(22)25(30)31)13-15-10-16(26)5-6-19(15)27/h3-6,8,10-12,24H,7,9,13H2,1-2H3,(H,30,31). The minimum absolute atomic E-state index is 0.0191. The summed E-state index contributed by atoms with van der Waals surface area (Å²) >= 11 is 0. The zero-order chi connectivity index (χ0) is 23.3. The maximum atomic E-state index is 14.5. The Kier molecular flexibility index (Phi) is 5.17. The van der Waals surface area contributed by atoms with E-state index in [-0.39, 0.29) is 17.8 Å². The van der Waals surface area contributed by atoms with Crippen LogP contribution in [0.3, 0.4) is 0 Å². The average Bonchev–Trinajstić information content (AvgIpc) is 3.36. The van der Waals surface area contributed by atoms with Gasteiger partial charge in [-0.05, 0) is 42.0 Å². The van der Waals surface area contributed by atoms with Crippen LogP contribution in [0, 0.1) is 11.6 Å². The number of methoxy groups -OCH3 is 1. The summed E-state index contributed by atoms with van der Waals surface area (Å²) < 4.78 is 41.4. The smallest absolute Gasteiger partial charge is 0.353 e. The van der Waals surface area contributed by atoms with E-state index in [0.717, 1.165) is 23.8 Å². The molecule has 5 rings (SSSR count). The molecular formula is C25H22F2N2O4. The van der Waals surface area contributed by atoms with Gasteiger partial charge in [-0.3, -0.25) is 0 Å². The first-order valence-electron chi connectivity index (χ1n) is 10.5. The molecule has 0 saturated carbocycles. The van der Waals surface area contributed by atoms with E-state index in [9.17, 15) is 18.7 Å². The lowest BCUT2D eigenvalue weighted by atomic mass is 9.97. The molecule has 3 aromatic rings. The van der Waals surface area contributed by atoms with Gasteiger partial charge in [0.15, 0.2) is 6.23 Å². The Bertz CT molecular complexity index is 1340. The molecule has 33 heavy (non-hydrogen) atoms. The van der Waals surface area contributed by atoms with Gasteiger partial charge >= 0.3 is 5.97 Å². The number of rotatable bonds is 5. The molecule has 1 atom stereocenters. The minimum atomic E-state index is -1.17. The molecule has 2 aliphatic heterocycles. The Labute approximate surface area is 188 Å². The molecule has 2 aliphatic rings. The summed E-state index contributed by atoms with van der Waals surface area (Å²) in [6, 6.07) is 6.91. The van der Waals surface area contributed by atoms with Crippen LogP contribution in [-0.4, -0.2) is 47.5 Å². The fraction of sp³-hybridized carbons (Fsp3) is 0.240. The highest BCUT2D eigenvalue weighted by atomic mass is 19.1. The third-order valence-corrected chi connectivity index (χ3v) is 6.16. The number of hydrogen-bond donors (Lipinski definition) is 1. The van der Waals surface area contributed by atoms with Crippen molar-refractivity contribution in [3.05, 3.63) is 82.7 Å². The van der Waals surface area contributed by atoms with Crippen LogP contribution in [0.4, 0.5) is 8.78 Å². The lowest BCUT2D eigenvalue weighted by Gasteiger charge is -2.30. The molecule has 1 N–H and O–H groups in total. The fourth-order valence-electron chi connectivity index (χ4n) is 4.69. The molecule has 0 radical (unpaired) electrons. The van der Waals surface area contributed by atoms with E-state index in [4.69, 9.17) is 9.47 Å². The average molecular weight is 452 g/mol. The molecule has 0 amide bonds. The van der Waals surface area contributed by atoms with E-state index >= 15 is 0 Å². The second-order valence-corrected chi connectivity index (χ2v) is 8.14. The number of carboxylic acid groups (broad SMARTS) is 1.